The number of nitriles is 1. The summed E-state index contributed by atoms with van der Waals surface area (Å²) >= 11 is 0. The van der Waals surface area contributed by atoms with Crippen LogP contribution in [-0.2, 0) is 11.8 Å². The van der Waals surface area contributed by atoms with Gasteiger partial charge >= 0.3 is 0 Å². The summed E-state index contributed by atoms with van der Waals surface area (Å²) in [5.41, 5.74) is 1.08. The summed E-state index contributed by atoms with van der Waals surface area (Å²) in [7, 11) is 1.82. The van der Waals surface area contributed by atoms with Crippen LogP contribution in [0.2, 0.25) is 0 Å². The van der Waals surface area contributed by atoms with E-state index in [0.29, 0.717) is 18.7 Å². The zero-order valence-corrected chi connectivity index (χ0v) is 11.2. The van der Waals surface area contributed by atoms with Gasteiger partial charge in [0, 0.05) is 20.2 Å². The predicted molar refractivity (Wildman–Crippen MR) is 66.9 cm³/mol. The van der Waals surface area contributed by atoms with Crippen molar-refractivity contribution in [2.75, 3.05) is 18.5 Å². The van der Waals surface area contributed by atoms with Crippen LogP contribution >= 0.6 is 0 Å². The Morgan fingerprint density at radius 1 is 1.53 bits per heavy atom. The van der Waals surface area contributed by atoms with E-state index in [1.165, 1.54) is 0 Å². The Morgan fingerprint density at radius 3 is 2.71 bits per heavy atom. The van der Waals surface area contributed by atoms with Gasteiger partial charge in [-0.15, -0.1) is 0 Å². The first-order valence-corrected chi connectivity index (χ1v) is 5.73. The molecule has 0 fully saturated rings. The van der Waals surface area contributed by atoms with Crippen LogP contribution in [0.1, 0.15) is 32.0 Å². The minimum Gasteiger partial charge on any atom is -0.374 e. The largest absolute Gasteiger partial charge is 0.374 e. The second kappa shape index (κ2) is 5.19. The molecule has 1 aromatic rings. The number of hydrogen-bond donors (Lipinski definition) is 1. The molecule has 1 aromatic heterocycles. The smallest absolute Gasteiger partial charge is 0.142 e. The molecule has 94 valence electrons. The van der Waals surface area contributed by atoms with Gasteiger partial charge in [-0.05, 0) is 27.7 Å². The molecule has 0 saturated carbocycles. The number of aryl methyl sites for hydroxylation is 2. The summed E-state index contributed by atoms with van der Waals surface area (Å²) in [6.07, 6.45) is 0. The third-order valence-corrected chi connectivity index (χ3v) is 2.55. The first-order chi connectivity index (χ1) is 7.91. The second-order valence-corrected chi connectivity index (χ2v) is 4.59. The highest BCUT2D eigenvalue weighted by molar-refractivity contribution is 5.55. The van der Waals surface area contributed by atoms with Crippen LogP contribution in [0.5, 0.6) is 0 Å². The number of nitrogens with one attached hydrogen (secondary N) is 1. The maximum absolute atomic E-state index is 9.07. The van der Waals surface area contributed by atoms with Crippen LogP contribution in [0.25, 0.3) is 0 Å². The van der Waals surface area contributed by atoms with Crippen LogP contribution in [0.15, 0.2) is 0 Å². The summed E-state index contributed by atoms with van der Waals surface area (Å²) in [4.78, 5) is 0. The zero-order chi connectivity index (χ0) is 13.1. The standard InChI is InChI=1S/C12H20N4O/c1-6-17-12(3,4)8-14-11-10(7-13)9(2)15-16(11)5/h14H,6,8H2,1-5H3. The van der Waals surface area contributed by atoms with Gasteiger partial charge in [-0.1, -0.05) is 0 Å². The van der Waals surface area contributed by atoms with E-state index in [9.17, 15) is 0 Å². The molecule has 0 bridgehead atoms. The molecule has 0 aliphatic heterocycles. The molecular weight excluding hydrogens is 216 g/mol. The molecule has 1 rings (SSSR count). The van der Waals surface area contributed by atoms with Gasteiger partial charge in [0.15, 0.2) is 0 Å². The molecular formula is C12H20N4O. The Kier molecular flexibility index (Phi) is 4.13. The van der Waals surface area contributed by atoms with Crippen molar-refractivity contribution in [3.8, 4) is 6.07 Å². The summed E-state index contributed by atoms with van der Waals surface area (Å²) in [5.74, 6) is 0.748. The normalized spacial score (nSPS) is 11.3. The van der Waals surface area contributed by atoms with Gasteiger partial charge in [-0.25, -0.2) is 0 Å². The minimum atomic E-state index is -0.264. The zero-order valence-electron chi connectivity index (χ0n) is 11.2. The first-order valence-electron chi connectivity index (χ1n) is 5.73. The van der Waals surface area contributed by atoms with Crippen molar-refractivity contribution in [2.45, 2.75) is 33.3 Å². The van der Waals surface area contributed by atoms with E-state index in [4.69, 9.17) is 10.00 Å². The van der Waals surface area contributed by atoms with Gasteiger partial charge in [-0.2, -0.15) is 10.4 Å². The highest BCUT2D eigenvalue weighted by atomic mass is 16.5. The fourth-order valence-corrected chi connectivity index (χ4v) is 1.73. The van der Waals surface area contributed by atoms with Gasteiger partial charge in [0.25, 0.3) is 0 Å². The Labute approximate surface area is 102 Å². The molecule has 0 amide bonds. The monoisotopic (exact) mass is 236 g/mol. The minimum absolute atomic E-state index is 0.264. The average Bonchev–Trinajstić information content (AvgIpc) is 2.49. The van der Waals surface area contributed by atoms with Gasteiger partial charge in [0.1, 0.15) is 17.5 Å². The molecule has 0 radical (unpaired) electrons. The molecule has 1 heterocycles. The molecule has 0 aliphatic carbocycles. The molecule has 0 spiro atoms. The number of ether oxygens (including phenoxy) is 1. The Morgan fingerprint density at radius 2 is 2.18 bits per heavy atom. The highest BCUT2D eigenvalue weighted by Gasteiger charge is 2.20. The fourth-order valence-electron chi connectivity index (χ4n) is 1.73. The quantitative estimate of drug-likeness (QED) is 0.847. The molecule has 0 unspecified atom stereocenters. The summed E-state index contributed by atoms with van der Waals surface area (Å²) < 4.78 is 7.29. The number of aromatic nitrogens is 2. The van der Waals surface area contributed by atoms with Crippen molar-refractivity contribution in [1.29, 1.82) is 5.26 Å². The lowest BCUT2D eigenvalue weighted by molar-refractivity contribution is 0.000600. The Balaban J connectivity index is 2.80. The van der Waals surface area contributed by atoms with Crippen molar-refractivity contribution in [3.63, 3.8) is 0 Å². The third-order valence-electron chi connectivity index (χ3n) is 2.55. The number of hydrogen-bond acceptors (Lipinski definition) is 4. The van der Waals surface area contributed by atoms with Crippen molar-refractivity contribution >= 4 is 5.82 Å². The summed E-state index contributed by atoms with van der Waals surface area (Å²) in [6, 6.07) is 2.17. The Hall–Kier alpha value is -1.54. The van der Waals surface area contributed by atoms with Crippen LogP contribution in [0.3, 0.4) is 0 Å². The van der Waals surface area contributed by atoms with Crippen molar-refractivity contribution in [3.05, 3.63) is 11.3 Å². The van der Waals surface area contributed by atoms with Crippen LogP contribution in [-0.4, -0.2) is 28.5 Å². The van der Waals surface area contributed by atoms with E-state index < -0.39 is 0 Å². The molecule has 5 heteroatoms. The molecule has 0 saturated heterocycles. The van der Waals surface area contributed by atoms with E-state index in [1.54, 1.807) is 4.68 Å². The SMILES string of the molecule is CCOC(C)(C)CNc1c(C#N)c(C)nn1C. The predicted octanol–water partition coefficient (Wildman–Crippen LogP) is 1.83. The number of rotatable bonds is 5. The average molecular weight is 236 g/mol. The lowest BCUT2D eigenvalue weighted by Gasteiger charge is -2.25. The lowest BCUT2D eigenvalue weighted by Crippen LogP contribution is -2.34. The topological polar surface area (TPSA) is 62.9 Å². The van der Waals surface area contributed by atoms with Gasteiger partial charge < -0.3 is 10.1 Å². The van der Waals surface area contributed by atoms with E-state index in [1.807, 2.05) is 34.7 Å². The van der Waals surface area contributed by atoms with Gasteiger partial charge in [0.05, 0.1) is 11.3 Å². The molecule has 0 aromatic carbocycles. The number of nitrogens with zero attached hydrogens (tertiary/aromatic N) is 3. The van der Waals surface area contributed by atoms with Crippen LogP contribution in [0, 0.1) is 18.3 Å². The molecule has 5 nitrogen and oxygen atoms in total. The fraction of sp³-hybridized carbons (Fsp3) is 0.667. The van der Waals surface area contributed by atoms with Crippen molar-refractivity contribution in [2.24, 2.45) is 7.05 Å². The second-order valence-electron chi connectivity index (χ2n) is 4.59. The maximum atomic E-state index is 9.07. The van der Waals surface area contributed by atoms with Crippen LogP contribution in [0.4, 0.5) is 5.82 Å². The molecule has 0 atom stereocenters. The van der Waals surface area contributed by atoms with Crippen molar-refractivity contribution < 1.29 is 4.74 Å². The van der Waals surface area contributed by atoms with E-state index in [-0.39, 0.29) is 5.60 Å². The molecule has 1 N–H and O–H groups in total. The summed E-state index contributed by atoms with van der Waals surface area (Å²) in [6.45, 7) is 9.13. The van der Waals surface area contributed by atoms with Crippen molar-refractivity contribution in [1.82, 2.24) is 9.78 Å². The van der Waals surface area contributed by atoms with E-state index in [2.05, 4.69) is 16.5 Å². The van der Waals surface area contributed by atoms with E-state index >= 15 is 0 Å². The summed E-state index contributed by atoms with van der Waals surface area (Å²) in [5, 5.41) is 16.5. The maximum Gasteiger partial charge on any atom is 0.142 e. The highest BCUT2D eigenvalue weighted by Crippen LogP contribution is 2.19. The Bertz CT molecular complexity index is 428. The van der Waals surface area contributed by atoms with Gasteiger partial charge in [0.2, 0.25) is 0 Å². The lowest BCUT2D eigenvalue weighted by atomic mass is 10.1. The van der Waals surface area contributed by atoms with E-state index in [0.717, 1.165) is 11.5 Å². The third kappa shape index (κ3) is 3.21. The molecule has 0 aliphatic rings. The first kappa shape index (κ1) is 13.5. The molecule has 17 heavy (non-hydrogen) atoms. The van der Waals surface area contributed by atoms with Crippen LogP contribution < -0.4 is 5.32 Å². The number of anilines is 1. The van der Waals surface area contributed by atoms with Gasteiger partial charge in [-0.3, -0.25) is 4.68 Å².